The zero-order valence-corrected chi connectivity index (χ0v) is 14.8. The monoisotopic (exact) mass is 358 g/mol. The van der Waals surface area contributed by atoms with Gasteiger partial charge < -0.3 is 14.0 Å². The first-order valence-electron chi connectivity index (χ1n) is 6.59. The maximum Gasteiger partial charge on any atom is 0.238 e. The number of ether oxygens (including phenoxy) is 2. The van der Waals surface area contributed by atoms with Crippen LogP contribution < -0.4 is 4.74 Å². The van der Waals surface area contributed by atoms with Crippen molar-refractivity contribution in [2.24, 2.45) is 0 Å². The Balaban J connectivity index is 0.00000242. The number of halogens is 2. The van der Waals surface area contributed by atoms with Crippen molar-refractivity contribution in [1.29, 1.82) is 5.41 Å². The van der Waals surface area contributed by atoms with Crippen LogP contribution >= 0.6 is 24.8 Å². The van der Waals surface area contributed by atoms with Crippen LogP contribution in [0.3, 0.4) is 0 Å². The number of rotatable bonds is 5. The van der Waals surface area contributed by atoms with Crippen molar-refractivity contribution in [2.45, 2.75) is 13.8 Å². The van der Waals surface area contributed by atoms with E-state index in [1.165, 1.54) is 0 Å². The highest BCUT2D eigenvalue weighted by Gasteiger charge is 2.08. The van der Waals surface area contributed by atoms with E-state index in [2.05, 4.69) is 9.97 Å². The summed E-state index contributed by atoms with van der Waals surface area (Å²) in [5.41, 5.74) is 2.43. The van der Waals surface area contributed by atoms with Crippen LogP contribution in [0.5, 0.6) is 5.88 Å². The number of hydrogen-bond acceptors (Lipinski definition) is 5. The van der Waals surface area contributed by atoms with Crippen molar-refractivity contribution in [3.8, 4) is 11.6 Å². The summed E-state index contributed by atoms with van der Waals surface area (Å²) in [5, 5.41) is 7.54. The van der Waals surface area contributed by atoms with Gasteiger partial charge in [0.1, 0.15) is 5.69 Å². The summed E-state index contributed by atoms with van der Waals surface area (Å²) in [5.74, 6) is 0.602. The van der Waals surface area contributed by atoms with E-state index in [4.69, 9.17) is 14.9 Å². The predicted molar refractivity (Wildman–Crippen MR) is 95.5 cm³/mol. The minimum atomic E-state index is 0. The van der Waals surface area contributed by atoms with Gasteiger partial charge in [0.15, 0.2) is 0 Å². The Kier molecular flexibility index (Phi) is 8.98. The summed E-state index contributed by atoms with van der Waals surface area (Å²) >= 11 is 0. The van der Waals surface area contributed by atoms with E-state index in [-0.39, 0.29) is 30.7 Å². The van der Waals surface area contributed by atoms with Crippen molar-refractivity contribution in [1.82, 2.24) is 14.5 Å². The molecule has 2 aromatic rings. The van der Waals surface area contributed by atoms with Gasteiger partial charge in [0, 0.05) is 12.3 Å². The molecule has 126 valence electrons. The van der Waals surface area contributed by atoms with Gasteiger partial charge in [0.05, 0.1) is 31.4 Å². The van der Waals surface area contributed by atoms with Crippen LogP contribution in [0.25, 0.3) is 11.8 Å². The normalized spacial score (nSPS) is 9.87. The minimum absolute atomic E-state index is 0. The molecule has 23 heavy (non-hydrogen) atoms. The molecule has 0 aliphatic heterocycles. The molecule has 0 saturated heterocycles. The van der Waals surface area contributed by atoms with E-state index in [1.54, 1.807) is 25.6 Å². The van der Waals surface area contributed by atoms with Gasteiger partial charge in [-0.2, -0.15) is 0 Å². The molecule has 0 atom stereocenters. The topological polar surface area (TPSA) is 73.0 Å². The first-order chi connectivity index (χ1) is 10.1. The standard InChI is InChI=1S/C15H18N4O2.2ClH/c1-4-21-14(16)8-6-12-5-7-13(15(18-12)20-3)19-9-11(2)17-10-19;;/h5-10,16H,4H2,1-3H3;2*1H/b8-6+,16-14?;;. The molecule has 8 heteroatoms. The molecule has 0 spiro atoms. The maximum atomic E-state index is 7.54. The van der Waals surface area contributed by atoms with Gasteiger partial charge in [-0.05, 0) is 32.1 Å². The fourth-order valence-corrected chi connectivity index (χ4v) is 1.80. The third kappa shape index (κ3) is 5.58. The third-order valence-corrected chi connectivity index (χ3v) is 2.75. The summed E-state index contributed by atoms with van der Waals surface area (Å²) in [7, 11) is 1.57. The van der Waals surface area contributed by atoms with Crippen LogP contribution in [-0.2, 0) is 4.74 Å². The van der Waals surface area contributed by atoms with Crippen molar-refractivity contribution >= 4 is 36.8 Å². The van der Waals surface area contributed by atoms with E-state index >= 15 is 0 Å². The molecule has 0 aromatic carbocycles. The zero-order valence-electron chi connectivity index (χ0n) is 13.1. The Morgan fingerprint density at radius 1 is 1.35 bits per heavy atom. The van der Waals surface area contributed by atoms with Gasteiger partial charge in [0.2, 0.25) is 11.8 Å². The number of nitrogens with one attached hydrogen (secondary N) is 1. The lowest BCUT2D eigenvalue weighted by molar-refractivity contribution is 0.327. The number of aromatic nitrogens is 3. The first kappa shape index (κ1) is 20.9. The molecule has 0 radical (unpaired) electrons. The lowest BCUT2D eigenvalue weighted by Crippen LogP contribution is -2.00. The molecule has 2 rings (SSSR count). The zero-order chi connectivity index (χ0) is 15.2. The van der Waals surface area contributed by atoms with Gasteiger partial charge in [-0.25, -0.2) is 9.97 Å². The quantitative estimate of drug-likeness (QED) is 0.656. The fourth-order valence-electron chi connectivity index (χ4n) is 1.80. The van der Waals surface area contributed by atoms with Crippen molar-refractivity contribution in [3.63, 3.8) is 0 Å². The van der Waals surface area contributed by atoms with Gasteiger partial charge in [-0.3, -0.25) is 5.41 Å². The second kappa shape index (κ2) is 9.86. The van der Waals surface area contributed by atoms with Crippen LogP contribution in [0.2, 0.25) is 0 Å². The van der Waals surface area contributed by atoms with E-state index in [0.29, 0.717) is 18.2 Å². The number of methoxy groups -OCH3 is 1. The SMILES string of the molecule is CCOC(=N)/C=C/c1ccc(-n2cnc(C)c2)c(OC)n1.Cl.Cl. The molecule has 6 nitrogen and oxygen atoms in total. The molecule has 2 heterocycles. The molecule has 0 saturated carbocycles. The summed E-state index contributed by atoms with van der Waals surface area (Å²) in [6.45, 7) is 4.23. The Morgan fingerprint density at radius 2 is 2.09 bits per heavy atom. The number of imidazole rings is 1. The molecular formula is C15H20Cl2N4O2. The van der Waals surface area contributed by atoms with Crippen LogP contribution in [-0.4, -0.2) is 34.1 Å². The molecule has 0 aliphatic carbocycles. The molecule has 0 bridgehead atoms. The molecule has 2 aromatic heterocycles. The fraction of sp³-hybridized carbons (Fsp3) is 0.267. The second-order valence-corrected chi connectivity index (χ2v) is 4.32. The molecule has 0 fully saturated rings. The smallest absolute Gasteiger partial charge is 0.238 e. The lowest BCUT2D eigenvalue weighted by Gasteiger charge is -2.08. The van der Waals surface area contributed by atoms with E-state index < -0.39 is 0 Å². The predicted octanol–water partition coefficient (Wildman–Crippen LogP) is 3.45. The molecule has 0 aliphatic rings. The Morgan fingerprint density at radius 3 is 2.65 bits per heavy atom. The molecule has 1 N–H and O–H groups in total. The van der Waals surface area contributed by atoms with Crippen molar-refractivity contribution < 1.29 is 9.47 Å². The Bertz CT molecular complexity index is 671. The van der Waals surface area contributed by atoms with E-state index in [9.17, 15) is 0 Å². The first-order valence-corrected chi connectivity index (χ1v) is 6.59. The summed E-state index contributed by atoms with van der Waals surface area (Å²) in [4.78, 5) is 8.59. The highest BCUT2D eigenvalue weighted by Crippen LogP contribution is 2.21. The molecule has 0 unspecified atom stereocenters. The van der Waals surface area contributed by atoms with Crippen LogP contribution in [0.15, 0.2) is 30.7 Å². The Labute approximate surface area is 147 Å². The van der Waals surface area contributed by atoms with Gasteiger partial charge in [-0.1, -0.05) is 0 Å². The second-order valence-electron chi connectivity index (χ2n) is 4.32. The van der Waals surface area contributed by atoms with Crippen molar-refractivity contribution in [3.05, 3.63) is 42.1 Å². The summed E-state index contributed by atoms with van der Waals surface area (Å²) in [6, 6.07) is 3.75. The number of pyridine rings is 1. The van der Waals surface area contributed by atoms with Gasteiger partial charge in [0.25, 0.3) is 0 Å². The van der Waals surface area contributed by atoms with Crippen LogP contribution in [0, 0.1) is 12.3 Å². The van der Waals surface area contributed by atoms with Gasteiger partial charge in [-0.15, -0.1) is 24.8 Å². The van der Waals surface area contributed by atoms with Crippen LogP contribution in [0.1, 0.15) is 18.3 Å². The van der Waals surface area contributed by atoms with Crippen molar-refractivity contribution in [2.75, 3.05) is 13.7 Å². The van der Waals surface area contributed by atoms with E-state index in [0.717, 1.165) is 11.4 Å². The average Bonchev–Trinajstić information content (AvgIpc) is 2.91. The van der Waals surface area contributed by atoms with Crippen LogP contribution in [0.4, 0.5) is 0 Å². The third-order valence-electron chi connectivity index (χ3n) is 2.75. The highest BCUT2D eigenvalue weighted by molar-refractivity contribution is 5.89. The number of aryl methyl sites for hydroxylation is 1. The van der Waals surface area contributed by atoms with E-state index in [1.807, 2.05) is 36.7 Å². The number of nitrogens with zero attached hydrogens (tertiary/aromatic N) is 3. The maximum absolute atomic E-state index is 7.54. The lowest BCUT2D eigenvalue weighted by atomic mass is 10.3. The highest BCUT2D eigenvalue weighted by atomic mass is 35.5. The van der Waals surface area contributed by atoms with Gasteiger partial charge >= 0.3 is 0 Å². The molecular weight excluding hydrogens is 339 g/mol. The summed E-state index contributed by atoms with van der Waals surface area (Å²) in [6.07, 6.45) is 6.89. The largest absolute Gasteiger partial charge is 0.479 e. The Hall–Kier alpha value is -2.05. The summed E-state index contributed by atoms with van der Waals surface area (Å²) < 4.78 is 12.2. The molecule has 0 amide bonds. The number of hydrogen-bond donors (Lipinski definition) is 1. The minimum Gasteiger partial charge on any atom is -0.479 e. The average molecular weight is 359 g/mol.